The number of halogens is 3. The largest absolute Gasteiger partial charge is 0.416 e. The maximum Gasteiger partial charge on any atom is 0.416 e. The van der Waals surface area contributed by atoms with E-state index in [1.165, 1.54) is 16.7 Å². The minimum atomic E-state index is -4.55. The monoisotopic (exact) mass is 513 g/mol. The lowest BCUT2D eigenvalue weighted by molar-refractivity contribution is -0.137. The van der Waals surface area contributed by atoms with Gasteiger partial charge in [0.1, 0.15) is 12.4 Å². The van der Waals surface area contributed by atoms with Crippen LogP contribution in [0.5, 0.6) is 0 Å². The van der Waals surface area contributed by atoms with Gasteiger partial charge in [-0.3, -0.25) is 14.2 Å². The molecule has 196 valence electrons. The van der Waals surface area contributed by atoms with Gasteiger partial charge in [0, 0.05) is 49.5 Å². The number of nitrogens with zero attached hydrogens (tertiary/aromatic N) is 4. The summed E-state index contributed by atoms with van der Waals surface area (Å²) in [5.74, 6) is -0.391. The molecule has 3 saturated heterocycles. The molecule has 3 aliphatic heterocycles. The third-order valence-corrected chi connectivity index (χ3v) is 7.12. The summed E-state index contributed by atoms with van der Waals surface area (Å²) in [6.07, 6.45) is -2.43. The van der Waals surface area contributed by atoms with Gasteiger partial charge in [0.15, 0.2) is 0 Å². The van der Waals surface area contributed by atoms with Gasteiger partial charge in [0.05, 0.1) is 16.5 Å². The van der Waals surface area contributed by atoms with Crippen molar-refractivity contribution < 1.29 is 18.0 Å². The summed E-state index contributed by atoms with van der Waals surface area (Å²) in [5, 5.41) is 3.09. The number of hydrogen-bond acceptors (Lipinski definition) is 5. The van der Waals surface area contributed by atoms with Crippen LogP contribution in [0.4, 0.5) is 18.9 Å². The molecule has 0 spiro atoms. The van der Waals surface area contributed by atoms with E-state index in [1.807, 2.05) is 12.1 Å². The first-order valence-corrected chi connectivity index (χ1v) is 12.6. The van der Waals surface area contributed by atoms with Crippen molar-refractivity contribution in [1.29, 1.82) is 0 Å². The van der Waals surface area contributed by atoms with E-state index in [0.29, 0.717) is 16.9 Å². The molecular weight excluding hydrogens is 483 g/mol. The minimum absolute atomic E-state index is 0.0245. The summed E-state index contributed by atoms with van der Waals surface area (Å²) in [4.78, 5) is 35.8. The van der Waals surface area contributed by atoms with Crippen molar-refractivity contribution in [3.05, 3.63) is 58.4 Å². The van der Waals surface area contributed by atoms with Gasteiger partial charge in [0.2, 0.25) is 5.91 Å². The van der Waals surface area contributed by atoms with Crippen molar-refractivity contribution in [2.24, 2.45) is 0 Å². The molecule has 3 aliphatic rings. The third-order valence-electron chi connectivity index (χ3n) is 7.12. The van der Waals surface area contributed by atoms with E-state index in [9.17, 15) is 22.8 Å². The lowest BCUT2D eigenvalue weighted by Crippen LogP contribution is -2.38. The molecule has 0 radical (unpaired) electrons. The lowest BCUT2D eigenvalue weighted by atomic mass is 10.0. The Morgan fingerprint density at radius 1 is 1.08 bits per heavy atom. The van der Waals surface area contributed by atoms with Crippen molar-refractivity contribution in [3.63, 3.8) is 0 Å². The summed E-state index contributed by atoms with van der Waals surface area (Å²) in [6.45, 7) is 7.19. The normalized spacial score (nSPS) is 19.9. The predicted octanol–water partition coefficient (Wildman–Crippen LogP) is 3.89. The molecule has 6 rings (SSSR count). The standard InChI is InChI=1S/C27H30F3N5O2/c1-17(2)31-24(36)16-35-25(18-4-3-5-19(14-18)27(28,29)30)32-23-7-6-21(15-22(23)26(35)37)34-13-12-33-10-8-20(34)9-11-33/h3-7,14-15,17,20H,8-13,16H2,1-2H3,(H,31,36). The molecule has 1 amide bonds. The van der Waals surface area contributed by atoms with Crippen molar-refractivity contribution >= 4 is 22.5 Å². The van der Waals surface area contributed by atoms with E-state index in [2.05, 4.69) is 20.1 Å². The number of carbonyl (C=O) groups is 1. The maximum absolute atomic E-state index is 13.8. The third kappa shape index (κ3) is 5.20. The minimum Gasteiger partial charge on any atom is -0.367 e. The fourth-order valence-corrected chi connectivity index (χ4v) is 5.33. The van der Waals surface area contributed by atoms with Crippen molar-refractivity contribution in [2.75, 3.05) is 31.1 Å². The SMILES string of the molecule is CC(C)NC(=O)Cn1c(-c2cccc(C(F)(F)F)c2)nc2ccc(N3CCN4CCC3CC4)cc2c1=O. The van der Waals surface area contributed by atoms with Crippen LogP contribution in [0, 0.1) is 0 Å². The Bertz CT molecular complexity index is 1380. The maximum atomic E-state index is 13.8. The number of nitrogens with one attached hydrogen (secondary N) is 1. The average molecular weight is 514 g/mol. The number of aromatic nitrogens is 2. The first-order valence-electron chi connectivity index (χ1n) is 12.6. The van der Waals surface area contributed by atoms with E-state index in [1.54, 1.807) is 19.9 Å². The summed E-state index contributed by atoms with van der Waals surface area (Å²) in [7, 11) is 0. The lowest BCUT2D eigenvalue weighted by Gasteiger charge is -2.33. The van der Waals surface area contributed by atoms with Crippen LogP contribution in [-0.2, 0) is 17.5 Å². The number of hydrogen-bond donors (Lipinski definition) is 1. The Balaban J connectivity index is 1.63. The van der Waals surface area contributed by atoms with E-state index in [-0.39, 0.29) is 24.0 Å². The highest BCUT2D eigenvalue weighted by atomic mass is 19.4. The summed E-state index contributed by atoms with van der Waals surface area (Å²) in [5.41, 5.74) is 0.115. The summed E-state index contributed by atoms with van der Waals surface area (Å²) in [6, 6.07) is 10.4. The molecule has 10 heteroatoms. The van der Waals surface area contributed by atoms with Crippen LogP contribution in [0.1, 0.15) is 32.3 Å². The Labute approximate surface area is 212 Å². The predicted molar refractivity (Wildman–Crippen MR) is 137 cm³/mol. The molecule has 4 heterocycles. The molecule has 0 saturated carbocycles. The van der Waals surface area contributed by atoms with Gasteiger partial charge in [-0.1, -0.05) is 12.1 Å². The number of fused-ring (bicyclic) bond motifs is 5. The van der Waals surface area contributed by atoms with Gasteiger partial charge in [-0.2, -0.15) is 13.2 Å². The number of piperidine rings is 1. The second-order valence-electron chi connectivity index (χ2n) is 10.1. The molecule has 3 aromatic rings. The fourth-order valence-electron chi connectivity index (χ4n) is 5.33. The van der Waals surface area contributed by atoms with Crippen molar-refractivity contribution in [3.8, 4) is 11.4 Å². The van der Waals surface area contributed by atoms with Gasteiger partial charge in [-0.05, 0) is 57.0 Å². The Morgan fingerprint density at radius 3 is 2.54 bits per heavy atom. The number of carbonyl (C=O) groups excluding carboxylic acids is 1. The first-order chi connectivity index (χ1) is 17.6. The van der Waals surface area contributed by atoms with Crippen LogP contribution in [0.25, 0.3) is 22.3 Å². The molecular formula is C27H30F3N5O2. The zero-order valence-corrected chi connectivity index (χ0v) is 20.9. The second kappa shape index (κ2) is 9.81. The molecule has 1 aromatic heterocycles. The molecule has 2 bridgehead atoms. The van der Waals surface area contributed by atoms with Crippen LogP contribution < -0.4 is 15.8 Å². The van der Waals surface area contributed by atoms with E-state index in [4.69, 9.17) is 0 Å². The molecule has 0 atom stereocenters. The quantitative estimate of drug-likeness (QED) is 0.561. The first kappa shape index (κ1) is 25.3. The number of rotatable bonds is 5. The van der Waals surface area contributed by atoms with Crippen LogP contribution in [0.3, 0.4) is 0 Å². The number of amides is 1. The van der Waals surface area contributed by atoms with Gasteiger partial charge >= 0.3 is 6.18 Å². The van der Waals surface area contributed by atoms with Crippen molar-refractivity contribution in [1.82, 2.24) is 19.8 Å². The van der Waals surface area contributed by atoms with Crippen LogP contribution >= 0.6 is 0 Å². The molecule has 1 N–H and O–H groups in total. The van der Waals surface area contributed by atoms with E-state index >= 15 is 0 Å². The average Bonchev–Trinajstić information content (AvgIpc) is 3.18. The Hall–Kier alpha value is -3.40. The molecule has 0 unspecified atom stereocenters. The van der Waals surface area contributed by atoms with E-state index < -0.39 is 23.2 Å². The van der Waals surface area contributed by atoms with Gasteiger partial charge < -0.3 is 15.1 Å². The van der Waals surface area contributed by atoms with Gasteiger partial charge in [-0.15, -0.1) is 0 Å². The highest BCUT2D eigenvalue weighted by Gasteiger charge is 2.32. The zero-order chi connectivity index (χ0) is 26.3. The Morgan fingerprint density at radius 2 is 1.84 bits per heavy atom. The summed E-state index contributed by atoms with van der Waals surface area (Å²) < 4.78 is 41.4. The van der Waals surface area contributed by atoms with E-state index in [0.717, 1.165) is 56.8 Å². The van der Waals surface area contributed by atoms with Gasteiger partial charge in [0.25, 0.3) is 5.56 Å². The number of anilines is 1. The summed E-state index contributed by atoms with van der Waals surface area (Å²) >= 11 is 0. The number of benzene rings is 2. The van der Waals surface area contributed by atoms with Crippen molar-refractivity contribution in [2.45, 2.75) is 51.5 Å². The van der Waals surface area contributed by atoms with Crippen LogP contribution in [-0.4, -0.2) is 58.6 Å². The molecule has 7 nitrogen and oxygen atoms in total. The molecule has 2 aromatic carbocycles. The number of alkyl halides is 3. The van der Waals surface area contributed by atoms with Crippen LogP contribution in [0.2, 0.25) is 0 Å². The molecule has 37 heavy (non-hydrogen) atoms. The van der Waals surface area contributed by atoms with Gasteiger partial charge in [-0.25, -0.2) is 4.98 Å². The second-order valence-corrected chi connectivity index (χ2v) is 10.1. The molecule has 0 aliphatic carbocycles. The highest BCUT2D eigenvalue weighted by molar-refractivity contribution is 5.85. The van der Waals surface area contributed by atoms with Crippen LogP contribution in [0.15, 0.2) is 47.3 Å². The Kier molecular flexibility index (Phi) is 6.70. The molecule has 3 fully saturated rings. The smallest absolute Gasteiger partial charge is 0.367 e. The highest BCUT2D eigenvalue weighted by Crippen LogP contribution is 2.33. The fraction of sp³-hybridized carbons (Fsp3) is 0.444. The topological polar surface area (TPSA) is 70.5 Å². The zero-order valence-electron chi connectivity index (χ0n) is 20.9.